The van der Waals surface area contributed by atoms with Gasteiger partial charge < -0.3 is 4.90 Å². The van der Waals surface area contributed by atoms with Gasteiger partial charge in [-0.1, -0.05) is 48.7 Å². The highest BCUT2D eigenvalue weighted by molar-refractivity contribution is 8.13. The van der Waals surface area contributed by atoms with Gasteiger partial charge in [-0.3, -0.25) is 4.99 Å². The minimum Gasteiger partial charge on any atom is -0.348 e. The summed E-state index contributed by atoms with van der Waals surface area (Å²) in [7, 11) is 0. The fraction of sp³-hybridized carbons (Fsp3) is 0.650. The molecule has 1 aliphatic heterocycles. The molecule has 0 radical (unpaired) electrons. The number of nitrogens with zero attached hydrogens (tertiary/aromatic N) is 2. The molecule has 0 N–H and O–H groups in total. The van der Waals surface area contributed by atoms with E-state index >= 15 is 0 Å². The van der Waals surface area contributed by atoms with Crippen LogP contribution < -0.4 is 0 Å². The van der Waals surface area contributed by atoms with Crippen LogP contribution in [0.4, 0.5) is 0 Å². The number of amidine groups is 1. The Morgan fingerprint density at radius 3 is 2.38 bits per heavy atom. The molecule has 4 heteroatoms. The highest BCUT2D eigenvalue weighted by atomic mass is 35.5. The van der Waals surface area contributed by atoms with E-state index in [1.54, 1.807) is 0 Å². The summed E-state index contributed by atoms with van der Waals surface area (Å²) in [6.45, 7) is 8.90. The van der Waals surface area contributed by atoms with E-state index in [1.807, 2.05) is 11.8 Å². The van der Waals surface area contributed by atoms with Crippen molar-refractivity contribution >= 4 is 29.3 Å². The van der Waals surface area contributed by atoms with Crippen LogP contribution in [0, 0.1) is 20.8 Å². The summed E-state index contributed by atoms with van der Waals surface area (Å²) in [6.07, 6.45) is 8.17. The van der Waals surface area contributed by atoms with Gasteiger partial charge in [0.05, 0.1) is 0 Å². The summed E-state index contributed by atoms with van der Waals surface area (Å²) in [4.78, 5) is 7.51. The van der Waals surface area contributed by atoms with Crippen molar-refractivity contribution in [3.05, 3.63) is 34.4 Å². The maximum atomic E-state index is 4.88. The summed E-state index contributed by atoms with van der Waals surface area (Å²) in [5.41, 5.74) is 5.72. The molecule has 1 aromatic rings. The van der Waals surface area contributed by atoms with Crippen LogP contribution in [-0.2, 0) is 5.75 Å². The lowest BCUT2D eigenvalue weighted by Gasteiger charge is -2.38. The Morgan fingerprint density at radius 2 is 1.71 bits per heavy atom. The van der Waals surface area contributed by atoms with Crippen LogP contribution in [0.1, 0.15) is 60.8 Å². The van der Waals surface area contributed by atoms with Gasteiger partial charge >= 0.3 is 0 Å². The summed E-state index contributed by atoms with van der Waals surface area (Å²) in [5.74, 6) is 1.06. The number of aryl methyl sites for hydroxylation is 3. The maximum absolute atomic E-state index is 4.88. The zero-order valence-corrected chi connectivity index (χ0v) is 16.9. The van der Waals surface area contributed by atoms with E-state index in [0.29, 0.717) is 0 Å². The van der Waals surface area contributed by atoms with Gasteiger partial charge in [-0.05, 0) is 56.7 Å². The summed E-state index contributed by atoms with van der Waals surface area (Å²) in [5, 5.41) is 1.31. The third kappa shape index (κ3) is 4.70. The Kier molecular flexibility index (Phi) is 7.49. The molecule has 24 heavy (non-hydrogen) atoms. The van der Waals surface area contributed by atoms with Crippen LogP contribution in [0.5, 0.6) is 0 Å². The third-order valence-corrected chi connectivity index (χ3v) is 6.31. The van der Waals surface area contributed by atoms with E-state index in [-0.39, 0.29) is 12.4 Å². The van der Waals surface area contributed by atoms with Crippen molar-refractivity contribution in [2.45, 2.75) is 71.1 Å². The quantitative estimate of drug-likeness (QED) is 0.685. The highest BCUT2D eigenvalue weighted by Gasteiger charge is 2.26. The molecule has 2 aliphatic rings. The zero-order valence-electron chi connectivity index (χ0n) is 15.3. The molecule has 0 aromatic heterocycles. The van der Waals surface area contributed by atoms with Gasteiger partial charge in [0.25, 0.3) is 0 Å². The molecular formula is C20H31ClN2S. The Bertz CT molecular complexity index is 556. The van der Waals surface area contributed by atoms with Crippen LogP contribution in [0.3, 0.4) is 0 Å². The van der Waals surface area contributed by atoms with E-state index in [9.17, 15) is 0 Å². The van der Waals surface area contributed by atoms with Crippen molar-refractivity contribution in [3.8, 4) is 0 Å². The SMILES string of the molecule is Cc1cc(C)c(CSC2=NCCCN2C2CCCCC2)c(C)c1.Cl. The second kappa shape index (κ2) is 9.15. The molecule has 0 bridgehead atoms. The van der Waals surface area contributed by atoms with Crippen LogP contribution >= 0.6 is 24.2 Å². The van der Waals surface area contributed by atoms with Gasteiger partial charge in [-0.25, -0.2) is 0 Å². The van der Waals surface area contributed by atoms with Crippen molar-refractivity contribution in [2.75, 3.05) is 13.1 Å². The number of hydrogen-bond acceptors (Lipinski definition) is 3. The van der Waals surface area contributed by atoms with E-state index in [0.717, 1.165) is 18.3 Å². The van der Waals surface area contributed by atoms with Crippen LogP contribution in [0.2, 0.25) is 0 Å². The fourth-order valence-electron chi connectivity index (χ4n) is 4.04. The zero-order chi connectivity index (χ0) is 16.2. The average molecular weight is 367 g/mol. The molecule has 1 heterocycles. The Labute approximate surface area is 157 Å². The lowest BCUT2D eigenvalue weighted by Crippen LogP contribution is -2.43. The largest absolute Gasteiger partial charge is 0.348 e. The predicted molar refractivity (Wildman–Crippen MR) is 110 cm³/mol. The van der Waals surface area contributed by atoms with Crippen molar-refractivity contribution in [1.82, 2.24) is 4.90 Å². The Morgan fingerprint density at radius 1 is 1.04 bits per heavy atom. The minimum absolute atomic E-state index is 0. The molecule has 0 unspecified atom stereocenters. The lowest BCUT2D eigenvalue weighted by atomic mass is 9.94. The number of hydrogen-bond donors (Lipinski definition) is 0. The Balaban J connectivity index is 0.00000208. The van der Waals surface area contributed by atoms with Gasteiger partial charge in [-0.2, -0.15) is 0 Å². The lowest BCUT2D eigenvalue weighted by molar-refractivity contribution is 0.239. The molecule has 0 amide bonds. The normalized spacial score (nSPS) is 19.0. The van der Waals surface area contributed by atoms with Gasteiger partial charge in [-0.15, -0.1) is 12.4 Å². The number of aliphatic imine (C=N–C) groups is 1. The standard InChI is InChI=1S/C20H30N2S.ClH/c1-15-12-16(2)19(17(3)13-15)14-23-20-21-10-7-11-22(20)18-8-5-4-6-9-18;/h12-13,18H,4-11,14H2,1-3H3;1H. The van der Waals surface area contributed by atoms with Gasteiger partial charge in [0.2, 0.25) is 0 Å². The molecule has 0 spiro atoms. The highest BCUT2D eigenvalue weighted by Crippen LogP contribution is 2.29. The topological polar surface area (TPSA) is 15.6 Å². The fourth-order valence-corrected chi connectivity index (χ4v) is 5.35. The molecular weight excluding hydrogens is 336 g/mol. The van der Waals surface area contributed by atoms with E-state index in [4.69, 9.17) is 4.99 Å². The van der Waals surface area contributed by atoms with Crippen LogP contribution in [0.25, 0.3) is 0 Å². The monoisotopic (exact) mass is 366 g/mol. The third-order valence-electron chi connectivity index (χ3n) is 5.25. The summed E-state index contributed by atoms with van der Waals surface area (Å²) >= 11 is 1.96. The van der Waals surface area contributed by atoms with Gasteiger partial charge in [0.1, 0.15) is 0 Å². The van der Waals surface area contributed by atoms with Gasteiger partial charge in [0.15, 0.2) is 5.17 Å². The first kappa shape index (κ1) is 19.7. The first-order valence-corrected chi connectivity index (χ1v) is 10.1. The summed E-state index contributed by atoms with van der Waals surface area (Å²) in [6, 6.07) is 5.37. The first-order chi connectivity index (χ1) is 11.1. The molecule has 1 saturated carbocycles. The van der Waals surface area contributed by atoms with Crippen molar-refractivity contribution < 1.29 is 0 Å². The minimum atomic E-state index is 0. The summed E-state index contributed by atoms with van der Waals surface area (Å²) < 4.78 is 0. The molecule has 3 rings (SSSR count). The van der Waals surface area contributed by atoms with Crippen molar-refractivity contribution in [3.63, 3.8) is 0 Å². The molecule has 1 aromatic carbocycles. The van der Waals surface area contributed by atoms with E-state index in [1.165, 1.54) is 72.5 Å². The molecule has 2 nitrogen and oxygen atoms in total. The smallest absolute Gasteiger partial charge is 0.159 e. The van der Waals surface area contributed by atoms with Crippen molar-refractivity contribution in [2.24, 2.45) is 4.99 Å². The molecule has 0 saturated heterocycles. The number of thioether (sulfide) groups is 1. The molecule has 1 aliphatic carbocycles. The Hall–Kier alpha value is -0.670. The number of benzene rings is 1. The average Bonchev–Trinajstić information content (AvgIpc) is 2.55. The maximum Gasteiger partial charge on any atom is 0.159 e. The van der Waals surface area contributed by atoms with Crippen molar-refractivity contribution in [1.29, 1.82) is 0 Å². The van der Waals surface area contributed by atoms with Crippen LogP contribution in [-0.4, -0.2) is 29.2 Å². The second-order valence-electron chi connectivity index (χ2n) is 7.17. The van der Waals surface area contributed by atoms with Crippen LogP contribution in [0.15, 0.2) is 17.1 Å². The number of rotatable bonds is 3. The van der Waals surface area contributed by atoms with Gasteiger partial charge in [0, 0.05) is 24.9 Å². The van der Waals surface area contributed by atoms with E-state index < -0.39 is 0 Å². The molecule has 1 fully saturated rings. The predicted octanol–water partition coefficient (Wildman–Crippen LogP) is 5.66. The first-order valence-electron chi connectivity index (χ1n) is 9.16. The number of halogens is 1. The second-order valence-corrected chi connectivity index (χ2v) is 8.11. The van der Waals surface area contributed by atoms with E-state index in [2.05, 4.69) is 37.8 Å². The molecule has 134 valence electrons. The molecule has 0 atom stereocenters.